The van der Waals surface area contributed by atoms with E-state index in [4.69, 9.17) is 0 Å². The van der Waals surface area contributed by atoms with Crippen LogP contribution in [-0.2, 0) is 21.1 Å². The van der Waals surface area contributed by atoms with Gasteiger partial charge in [-0.2, -0.15) is 0 Å². The van der Waals surface area contributed by atoms with Crippen molar-refractivity contribution in [2.24, 2.45) is 0 Å². The van der Waals surface area contributed by atoms with Crippen LogP contribution >= 0.6 is 21.3 Å². The van der Waals surface area contributed by atoms with Gasteiger partial charge in [0.1, 0.15) is 0 Å². The molecule has 86 valence electrons. The fourth-order valence-electron chi connectivity index (χ4n) is 1.63. The Labute approximate surface area is 106 Å². The van der Waals surface area contributed by atoms with Crippen LogP contribution in [0.15, 0.2) is 0 Å². The number of rotatable bonds is 5. The summed E-state index contributed by atoms with van der Waals surface area (Å²) in [6.45, 7) is 7.51. The molecule has 0 aromatic heterocycles. The van der Waals surface area contributed by atoms with E-state index >= 15 is 0 Å². The van der Waals surface area contributed by atoms with Gasteiger partial charge in [0.2, 0.25) is 0 Å². The van der Waals surface area contributed by atoms with Gasteiger partial charge in [0, 0.05) is 21.1 Å². The van der Waals surface area contributed by atoms with Crippen molar-refractivity contribution < 1.29 is 21.1 Å². The van der Waals surface area contributed by atoms with Crippen molar-refractivity contribution in [2.45, 2.75) is 6.92 Å². The Morgan fingerprint density at radius 3 is 1.86 bits per heavy atom. The zero-order valence-corrected chi connectivity index (χ0v) is 15.8. The maximum Gasteiger partial charge on any atom is 0 e. The standard InChI is InChI=1S/C10H25P3.W/c1-8-12(4,5)10-13(6,7)9-11(2)3;/h11H,2,4,6,8-10H2,1,3,5,7H3;. The Kier molecular flexibility index (Phi) is 9.01. The molecule has 0 saturated carbocycles. The zero-order chi connectivity index (χ0) is 10.7. The molecule has 0 heterocycles. The first-order chi connectivity index (χ1) is 5.68. The van der Waals surface area contributed by atoms with Crippen molar-refractivity contribution in [3.63, 3.8) is 0 Å². The second-order valence-corrected chi connectivity index (χ2v) is 16.2. The Balaban J connectivity index is 0. The first kappa shape index (κ1) is 18.0. The van der Waals surface area contributed by atoms with E-state index in [0.717, 1.165) is 0 Å². The number of hydrogen-bond donors (Lipinski definition) is 0. The van der Waals surface area contributed by atoms with E-state index in [2.05, 4.69) is 45.8 Å². The molecule has 14 heavy (non-hydrogen) atoms. The van der Waals surface area contributed by atoms with Crippen molar-refractivity contribution in [3.8, 4) is 0 Å². The minimum atomic E-state index is -0.917. The molecule has 0 amide bonds. The third-order valence-corrected chi connectivity index (χ3v) is 14.3. The molecule has 0 aromatic rings. The van der Waals surface area contributed by atoms with E-state index in [1.165, 1.54) is 18.0 Å². The van der Waals surface area contributed by atoms with Gasteiger partial charge >= 0.3 is 0 Å². The summed E-state index contributed by atoms with van der Waals surface area (Å²) in [5, 5.41) is 0. The summed E-state index contributed by atoms with van der Waals surface area (Å²) in [5.41, 5.74) is 0. The first-order valence-electron chi connectivity index (χ1n) is 4.71. The second kappa shape index (κ2) is 7.02. The van der Waals surface area contributed by atoms with E-state index in [9.17, 15) is 0 Å². The maximum atomic E-state index is 4.43. The third-order valence-electron chi connectivity index (χ3n) is 2.10. The van der Waals surface area contributed by atoms with Crippen molar-refractivity contribution in [2.75, 3.05) is 38.0 Å². The van der Waals surface area contributed by atoms with Gasteiger partial charge in [0.15, 0.2) is 0 Å². The van der Waals surface area contributed by atoms with Gasteiger partial charge in [0.05, 0.1) is 0 Å². The molecule has 0 rings (SSSR count). The van der Waals surface area contributed by atoms with Crippen LogP contribution in [0.2, 0.25) is 0 Å². The van der Waals surface area contributed by atoms with Gasteiger partial charge in [-0.3, -0.25) is 0 Å². The molecular formula is C10H25P3W. The molecule has 4 heteroatoms. The average molecular weight is 422 g/mol. The Morgan fingerprint density at radius 1 is 1.14 bits per heavy atom. The van der Waals surface area contributed by atoms with E-state index in [0.29, 0.717) is 0 Å². The summed E-state index contributed by atoms with van der Waals surface area (Å²) >= 11 is 0. The molecule has 0 saturated heterocycles. The van der Waals surface area contributed by atoms with E-state index in [1.54, 1.807) is 0 Å². The number of hydrogen-bond acceptors (Lipinski definition) is 0. The first-order valence-corrected chi connectivity index (χ1v) is 12.7. The third kappa shape index (κ3) is 8.86. The minimum absolute atomic E-state index is 0. The van der Waals surface area contributed by atoms with Crippen LogP contribution in [0.1, 0.15) is 6.92 Å². The SMILES string of the molecule is C=[PH](C)CP(=C)(C)CP(=C)(C)CC.[W]. The predicted octanol–water partition coefficient (Wildman–Crippen LogP) is 3.35. The van der Waals surface area contributed by atoms with Gasteiger partial charge < -0.3 is 0 Å². The van der Waals surface area contributed by atoms with Gasteiger partial charge in [-0.15, -0.1) is 40.2 Å². The van der Waals surface area contributed by atoms with Crippen LogP contribution in [-0.4, -0.2) is 56.9 Å². The van der Waals surface area contributed by atoms with Crippen molar-refractivity contribution in [1.82, 2.24) is 0 Å². The molecule has 0 aliphatic carbocycles. The predicted molar refractivity (Wildman–Crippen MR) is 81.6 cm³/mol. The van der Waals surface area contributed by atoms with Crippen LogP contribution in [0.3, 0.4) is 0 Å². The molecule has 0 aromatic carbocycles. The molecule has 3 atom stereocenters. The Bertz CT molecular complexity index is 281. The molecule has 0 aliphatic rings. The quantitative estimate of drug-likeness (QED) is 0.597. The van der Waals surface area contributed by atoms with Crippen LogP contribution in [0.25, 0.3) is 0 Å². The smallest absolute Gasteiger partial charge is 0 e. The molecule has 0 radical (unpaired) electrons. The Morgan fingerprint density at radius 2 is 1.57 bits per heavy atom. The van der Waals surface area contributed by atoms with Crippen LogP contribution in [0.4, 0.5) is 0 Å². The second-order valence-electron chi connectivity index (χ2n) is 4.81. The summed E-state index contributed by atoms with van der Waals surface area (Å²) in [5.74, 6) is 2.65. The summed E-state index contributed by atoms with van der Waals surface area (Å²) in [4.78, 5) is 0. The molecular weight excluding hydrogens is 397 g/mol. The molecule has 0 fully saturated rings. The van der Waals surface area contributed by atoms with E-state index in [1.807, 2.05) is 0 Å². The van der Waals surface area contributed by atoms with E-state index in [-0.39, 0.29) is 28.6 Å². The summed E-state index contributed by atoms with van der Waals surface area (Å²) in [7, 11) is -0.344. The maximum absolute atomic E-state index is 4.43. The topological polar surface area (TPSA) is 0 Å². The summed E-state index contributed by atoms with van der Waals surface area (Å²) < 4.78 is 0. The van der Waals surface area contributed by atoms with Gasteiger partial charge in [0.25, 0.3) is 0 Å². The Hall–Kier alpha value is 1.59. The fraction of sp³-hybridized carbons (Fsp3) is 0.700. The minimum Gasteiger partial charge on any atom is -0.124 e. The van der Waals surface area contributed by atoms with Crippen molar-refractivity contribution >= 4 is 40.2 Å². The normalized spacial score (nSPS) is 21.4. The molecule has 0 N–H and O–H groups in total. The zero-order valence-electron chi connectivity index (χ0n) is 10.0. The monoisotopic (exact) mass is 422 g/mol. The van der Waals surface area contributed by atoms with Gasteiger partial charge in [-0.1, -0.05) is 6.92 Å². The van der Waals surface area contributed by atoms with Crippen molar-refractivity contribution in [3.05, 3.63) is 0 Å². The molecule has 3 unspecified atom stereocenters. The fourth-order valence-corrected chi connectivity index (χ4v) is 15.5. The largest absolute Gasteiger partial charge is 0.124 e. The summed E-state index contributed by atoms with van der Waals surface area (Å²) in [6, 6.07) is 0. The van der Waals surface area contributed by atoms with E-state index < -0.39 is 13.8 Å². The van der Waals surface area contributed by atoms with Gasteiger partial charge in [-0.05, 0) is 38.0 Å². The summed E-state index contributed by atoms with van der Waals surface area (Å²) in [6.07, 6.45) is 14.2. The molecule has 0 aliphatic heterocycles. The molecule has 0 spiro atoms. The van der Waals surface area contributed by atoms with Crippen molar-refractivity contribution in [1.29, 1.82) is 0 Å². The molecule has 0 bridgehead atoms. The average Bonchev–Trinajstić information content (AvgIpc) is 1.81. The van der Waals surface area contributed by atoms with Crippen LogP contribution < -0.4 is 0 Å². The van der Waals surface area contributed by atoms with Gasteiger partial charge in [-0.25, -0.2) is 0 Å². The van der Waals surface area contributed by atoms with Crippen LogP contribution in [0, 0.1) is 0 Å². The molecule has 0 nitrogen and oxygen atoms in total. The van der Waals surface area contributed by atoms with Crippen LogP contribution in [0.5, 0.6) is 0 Å².